The van der Waals surface area contributed by atoms with Crippen molar-refractivity contribution in [3.63, 3.8) is 0 Å². The van der Waals surface area contributed by atoms with E-state index in [-0.39, 0.29) is 35.4 Å². The van der Waals surface area contributed by atoms with Crippen molar-refractivity contribution in [1.29, 1.82) is 0 Å². The molecule has 2 aromatic rings. The molecule has 12 heteroatoms. The number of likely N-dealkylation sites (tertiary alicyclic amines) is 1. The van der Waals surface area contributed by atoms with E-state index in [2.05, 4.69) is 14.7 Å². The summed E-state index contributed by atoms with van der Waals surface area (Å²) in [4.78, 5) is 31.9. The van der Waals surface area contributed by atoms with Crippen LogP contribution in [0.5, 0.6) is 5.75 Å². The molecule has 168 valence electrons. The Kier molecular flexibility index (Phi) is 5.83. The summed E-state index contributed by atoms with van der Waals surface area (Å²) >= 11 is 5.82. The monoisotopic (exact) mass is 461 g/mol. The molecule has 1 aliphatic heterocycles. The van der Waals surface area contributed by atoms with Crippen molar-refractivity contribution in [2.75, 3.05) is 13.1 Å². The fourth-order valence-corrected chi connectivity index (χ4v) is 3.16. The average molecular weight is 462 g/mol. The van der Waals surface area contributed by atoms with Gasteiger partial charge in [0.2, 0.25) is 0 Å². The molecular weight excluding hydrogens is 443 g/mol. The van der Waals surface area contributed by atoms with Gasteiger partial charge in [0.15, 0.2) is 5.75 Å². The lowest BCUT2D eigenvalue weighted by atomic mass is 9.97. The van der Waals surface area contributed by atoms with Gasteiger partial charge in [0.25, 0.3) is 0 Å². The van der Waals surface area contributed by atoms with Gasteiger partial charge < -0.3 is 24.5 Å². The van der Waals surface area contributed by atoms with Gasteiger partial charge in [-0.1, -0.05) is 11.6 Å². The van der Waals surface area contributed by atoms with E-state index in [9.17, 15) is 27.9 Å². The average Bonchev–Trinajstić information content (AvgIpc) is 2.97. The fourth-order valence-electron chi connectivity index (χ4n) is 3.01. The van der Waals surface area contributed by atoms with Crippen LogP contribution < -0.4 is 4.74 Å². The number of rotatable bonds is 4. The number of aromatic carboxylic acids is 1. The van der Waals surface area contributed by atoms with Gasteiger partial charge in [-0.15, -0.1) is 13.2 Å². The summed E-state index contributed by atoms with van der Waals surface area (Å²) in [7, 11) is 0. The van der Waals surface area contributed by atoms with Gasteiger partial charge in [0.1, 0.15) is 16.4 Å². The summed E-state index contributed by atoms with van der Waals surface area (Å²) in [6.07, 6.45) is -5.52. The second-order valence-corrected chi connectivity index (χ2v) is 8.32. The Bertz CT molecular complexity index is 1010. The lowest BCUT2D eigenvalue weighted by molar-refractivity contribution is -0.274. The molecule has 1 aliphatic rings. The van der Waals surface area contributed by atoms with E-state index in [0.29, 0.717) is 5.69 Å². The summed E-state index contributed by atoms with van der Waals surface area (Å²) in [5, 5.41) is 9.40. The Morgan fingerprint density at radius 2 is 1.90 bits per heavy atom. The number of pyridine rings is 1. The maximum absolute atomic E-state index is 12.8. The molecule has 0 aliphatic carbocycles. The van der Waals surface area contributed by atoms with Gasteiger partial charge in [-0.3, -0.25) is 0 Å². The van der Waals surface area contributed by atoms with Crippen LogP contribution in [0.4, 0.5) is 18.0 Å². The highest BCUT2D eigenvalue weighted by molar-refractivity contribution is 6.29. The number of aromatic amines is 1. The standard InChI is InChI=1S/C19H19ClF3N3O5/c1-18(2,3)31-17(29)26-7-9(8-26)11-6-10(16(27)28)14(24-11)15-12(30-19(21,22)23)4-5-13(20)25-15/h4-6,9,24H,7-8H2,1-3H3,(H,27,28). The van der Waals surface area contributed by atoms with Crippen LogP contribution in [-0.2, 0) is 4.74 Å². The molecule has 1 amide bonds. The molecule has 8 nitrogen and oxygen atoms in total. The number of ether oxygens (including phenoxy) is 2. The van der Waals surface area contributed by atoms with E-state index in [1.807, 2.05) is 0 Å². The Morgan fingerprint density at radius 3 is 2.45 bits per heavy atom. The SMILES string of the molecule is CC(C)(C)OC(=O)N1CC(c2cc(C(=O)O)c(-c3nc(Cl)ccc3OC(F)(F)F)[nH]2)C1. The quantitative estimate of drug-likeness (QED) is 0.641. The molecule has 1 saturated heterocycles. The molecule has 0 aromatic carbocycles. The number of nitrogens with zero attached hydrogens (tertiary/aromatic N) is 2. The molecule has 0 radical (unpaired) electrons. The summed E-state index contributed by atoms with van der Waals surface area (Å²) in [6.45, 7) is 5.71. The van der Waals surface area contributed by atoms with Crippen molar-refractivity contribution in [2.45, 2.75) is 38.7 Å². The molecule has 2 aromatic heterocycles. The third-order valence-electron chi connectivity index (χ3n) is 4.33. The maximum Gasteiger partial charge on any atom is 0.573 e. The molecule has 3 heterocycles. The predicted molar refractivity (Wildman–Crippen MR) is 103 cm³/mol. The minimum atomic E-state index is -5.01. The number of aromatic nitrogens is 2. The zero-order valence-corrected chi connectivity index (χ0v) is 17.5. The molecule has 0 bridgehead atoms. The van der Waals surface area contributed by atoms with Crippen molar-refractivity contribution in [3.8, 4) is 17.1 Å². The van der Waals surface area contributed by atoms with Gasteiger partial charge in [0.05, 0.1) is 11.3 Å². The Labute approximate surface area is 179 Å². The predicted octanol–water partition coefficient (Wildman–Crippen LogP) is 4.66. The van der Waals surface area contributed by atoms with Crippen LogP contribution in [0.3, 0.4) is 0 Å². The van der Waals surface area contributed by atoms with Gasteiger partial charge in [-0.2, -0.15) is 0 Å². The van der Waals surface area contributed by atoms with Crippen LogP contribution >= 0.6 is 11.6 Å². The topological polar surface area (TPSA) is 105 Å². The summed E-state index contributed by atoms with van der Waals surface area (Å²) in [5.74, 6) is -2.33. The number of carboxylic acids is 1. The van der Waals surface area contributed by atoms with E-state index >= 15 is 0 Å². The Morgan fingerprint density at radius 1 is 1.26 bits per heavy atom. The highest BCUT2D eigenvalue weighted by atomic mass is 35.5. The van der Waals surface area contributed by atoms with Crippen molar-refractivity contribution < 1.29 is 37.3 Å². The second-order valence-electron chi connectivity index (χ2n) is 7.93. The molecule has 31 heavy (non-hydrogen) atoms. The number of H-pyrrole nitrogens is 1. The fraction of sp³-hybridized carbons (Fsp3) is 0.421. The van der Waals surface area contributed by atoms with Crippen LogP contribution in [0, 0.1) is 0 Å². The van der Waals surface area contributed by atoms with E-state index in [1.165, 1.54) is 11.0 Å². The Hall–Kier alpha value is -2.95. The van der Waals surface area contributed by atoms with Crippen molar-refractivity contribution in [3.05, 3.63) is 34.6 Å². The van der Waals surface area contributed by atoms with E-state index < -0.39 is 35.5 Å². The Balaban J connectivity index is 1.89. The summed E-state index contributed by atoms with van der Waals surface area (Å²) in [6, 6.07) is 3.35. The number of carboxylic acid groups (broad SMARTS) is 1. The number of nitrogens with one attached hydrogen (secondary N) is 1. The largest absolute Gasteiger partial charge is 0.573 e. The first kappa shape index (κ1) is 22.7. The van der Waals surface area contributed by atoms with Gasteiger partial charge in [0, 0.05) is 24.7 Å². The number of carbonyl (C=O) groups is 2. The van der Waals surface area contributed by atoms with Gasteiger partial charge in [-0.05, 0) is 39.0 Å². The van der Waals surface area contributed by atoms with Gasteiger partial charge >= 0.3 is 18.4 Å². The minimum absolute atomic E-state index is 0.142. The zero-order valence-electron chi connectivity index (χ0n) is 16.7. The molecule has 3 rings (SSSR count). The lowest BCUT2D eigenvalue weighted by Crippen LogP contribution is -2.50. The van der Waals surface area contributed by atoms with Crippen molar-refractivity contribution in [2.24, 2.45) is 0 Å². The number of amides is 1. The molecule has 0 saturated carbocycles. The first-order valence-corrected chi connectivity index (χ1v) is 9.48. The molecule has 2 N–H and O–H groups in total. The minimum Gasteiger partial charge on any atom is -0.478 e. The molecule has 0 spiro atoms. The number of hydrogen-bond acceptors (Lipinski definition) is 5. The molecular formula is C19H19ClF3N3O5. The highest BCUT2D eigenvalue weighted by Crippen LogP contribution is 2.37. The summed E-state index contributed by atoms with van der Waals surface area (Å²) in [5.41, 5.74) is -1.11. The van der Waals surface area contributed by atoms with Crippen molar-refractivity contribution >= 4 is 23.7 Å². The van der Waals surface area contributed by atoms with E-state index in [1.54, 1.807) is 20.8 Å². The third kappa shape index (κ3) is 5.40. The first-order valence-electron chi connectivity index (χ1n) is 9.10. The number of carbonyl (C=O) groups excluding carboxylic acids is 1. The maximum atomic E-state index is 12.8. The second kappa shape index (κ2) is 7.95. The van der Waals surface area contributed by atoms with E-state index in [4.69, 9.17) is 16.3 Å². The molecule has 1 fully saturated rings. The highest BCUT2D eigenvalue weighted by Gasteiger charge is 2.37. The summed E-state index contributed by atoms with van der Waals surface area (Å²) < 4.78 is 47.6. The van der Waals surface area contributed by atoms with Crippen molar-refractivity contribution in [1.82, 2.24) is 14.9 Å². The number of hydrogen-bond donors (Lipinski definition) is 2. The van der Waals surface area contributed by atoms with Crippen LogP contribution in [0.1, 0.15) is 42.7 Å². The molecule has 0 atom stereocenters. The van der Waals surface area contributed by atoms with Crippen LogP contribution in [0.15, 0.2) is 18.2 Å². The first-order chi connectivity index (χ1) is 14.2. The van der Waals surface area contributed by atoms with E-state index in [0.717, 1.165) is 12.1 Å². The molecule has 0 unspecified atom stereocenters. The van der Waals surface area contributed by atoms with Gasteiger partial charge in [-0.25, -0.2) is 14.6 Å². The third-order valence-corrected chi connectivity index (χ3v) is 4.54. The normalized spacial score (nSPS) is 14.9. The van der Waals surface area contributed by atoms with Crippen LogP contribution in [0.2, 0.25) is 5.15 Å². The smallest absolute Gasteiger partial charge is 0.478 e. The van der Waals surface area contributed by atoms with Crippen LogP contribution in [0.25, 0.3) is 11.4 Å². The number of halogens is 4. The lowest BCUT2D eigenvalue weighted by Gasteiger charge is -2.39. The number of alkyl halides is 3. The van der Waals surface area contributed by atoms with Crippen LogP contribution in [-0.4, -0.2) is 57.1 Å². The zero-order chi connectivity index (χ0) is 23.1.